The second-order valence-corrected chi connectivity index (χ2v) is 11.0. The molecule has 0 saturated heterocycles. The number of rotatable bonds is 6. The largest absolute Gasteiger partial charge is 0.393 e. The summed E-state index contributed by atoms with van der Waals surface area (Å²) in [4.78, 5) is 0. The van der Waals surface area contributed by atoms with E-state index in [-0.39, 0.29) is 6.10 Å². The van der Waals surface area contributed by atoms with E-state index in [2.05, 4.69) is 46.4 Å². The minimum atomic E-state index is -0.618. The fraction of sp³-hybridized carbons (Fsp3) is 0.778. The number of hydrogen-bond donors (Lipinski definition) is 3. The Balaban J connectivity index is 1.72. The van der Waals surface area contributed by atoms with E-state index in [1.165, 1.54) is 25.7 Å². The van der Waals surface area contributed by atoms with Crippen molar-refractivity contribution in [2.75, 3.05) is 0 Å². The van der Waals surface area contributed by atoms with Gasteiger partial charge in [-0.05, 0) is 91.6 Å². The fourth-order valence-corrected chi connectivity index (χ4v) is 6.65. The lowest BCUT2D eigenvalue weighted by molar-refractivity contribution is 0.0717. The summed E-state index contributed by atoms with van der Waals surface area (Å²) in [6.07, 6.45) is 12.4. The summed E-state index contributed by atoms with van der Waals surface area (Å²) in [6, 6.07) is 0. The van der Waals surface area contributed by atoms with Gasteiger partial charge < -0.3 is 15.3 Å². The molecule has 3 aliphatic rings. The molecule has 0 aromatic rings. The third-order valence-corrected chi connectivity index (χ3v) is 8.68. The van der Waals surface area contributed by atoms with Crippen LogP contribution in [0.25, 0.3) is 0 Å². The average Bonchev–Trinajstić information content (AvgIpc) is 3.04. The molecule has 3 aliphatic carbocycles. The maximum atomic E-state index is 10.3. The van der Waals surface area contributed by atoms with Crippen LogP contribution in [0.5, 0.6) is 0 Å². The van der Waals surface area contributed by atoms with Crippen LogP contribution in [-0.2, 0) is 0 Å². The van der Waals surface area contributed by atoms with Crippen molar-refractivity contribution in [1.29, 1.82) is 0 Å². The molecule has 170 valence electrons. The summed E-state index contributed by atoms with van der Waals surface area (Å²) in [5.74, 6) is 2.35. The Kier molecular flexibility index (Phi) is 7.69. The zero-order chi connectivity index (χ0) is 22.1. The Bertz CT molecular complexity index is 676. The molecule has 3 nitrogen and oxygen atoms in total. The molecule has 0 radical (unpaired) electrons. The van der Waals surface area contributed by atoms with Crippen molar-refractivity contribution >= 4 is 0 Å². The first-order valence-electron chi connectivity index (χ1n) is 12.3. The first-order valence-corrected chi connectivity index (χ1v) is 12.3. The lowest BCUT2D eigenvalue weighted by Gasteiger charge is -2.44. The summed E-state index contributed by atoms with van der Waals surface area (Å²) < 4.78 is 0. The topological polar surface area (TPSA) is 60.7 Å². The molecule has 0 amide bonds. The molecular formula is C27H44O3. The maximum Gasteiger partial charge on any atom is 0.0811 e. The molecule has 0 spiro atoms. The monoisotopic (exact) mass is 416 g/mol. The Morgan fingerprint density at radius 1 is 1.13 bits per heavy atom. The Hall–Kier alpha value is -0.900. The van der Waals surface area contributed by atoms with Gasteiger partial charge in [0.05, 0.1) is 18.3 Å². The van der Waals surface area contributed by atoms with E-state index in [4.69, 9.17) is 0 Å². The van der Waals surface area contributed by atoms with E-state index in [1.54, 1.807) is 5.57 Å². The quantitative estimate of drug-likeness (QED) is 0.531. The van der Waals surface area contributed by atoms with Crippen LogP contribution in [0, 0.1) is 29.1 Å². The predicted molar refractivity (Wildman–Crippen MR) is 124 cm³/mol. The second-order valence-electron chi connectivity index (χ2n) is 11.0. The smallest absolute Gasteiger partial charge is 0.0811 e. The predicted octanol–water partition coefficient (Wildman–Crippen LogP) is 5.56. The third-order valence-electron chi connectivity index (χ3n) is 8.68. The van der Waals surface area contributed by atoms with Gasteiger partial charge in [0.2, 0.25) is 0 Å². The standard InChI is InChI=1S/C27H44O3/c1-17(2)25(29)13-8-18(3)23-11-12-24-20(7-6-14-27(23,24)5)9-10-21-15-22(28)16-26(30)19(21)4/h9-10,17-18,22-26,28-30H,4,6-8,11-16H2,1-3,5H3/b20-9?,21-10-/t18-,22-,23-,24+,25-,26-,27-/m1/s1. The van der Waals surface area contributed by atoms with Gasteiger partial charge in [0.25, 0.3) is 0 Å². The van der Waals surface area contributed by atoms with Gasteiger partial charge in [0.15, 0.2) is 0 Å². The van der Waals surface area contributed by atoms with E-state index >= 15 is 0 Å². The number of hydrogen-bond acceptors (Lipinski definition) is 3. The minimum absolute atomic E-state index is 0.180. The molecule has 3 rings (SSSR count). The SMILES string of the molecule is C=C1/C(=C\C=C2CCC[C@]3(C)[C@@H]([C@H](C)CC[C@@H](O)C(C)C)CC[C@@H]23)C[C@@H](O)C[C@H]1O. The second kappa shape index (κ2) is 9.71. The summed E-state index contributed by atoms with van der Waals surface area (Å²) in [5, 5.41) is 30.4. The molecule has 3 N–H and O–H groups in total. The van der Waals surface area contributed by atoms with Crippen LogP contribution < -0.4 is 0 Å². The highest BCUT2D eigenvalue weighted by molar-refractivity contribution is 5.38. The number of aliphatic hydroxyl groups is 3. The van der Waals surface area contributed by atoms with E-state index in [1.807, 2.05) is 0 Å². The van der Waals surface area contributed by atoms with Crippen LogP contribution in [0.4, 0.5) is 0 Å². The summed E-state index contributed by atoms with van der Waals surface area (Å²) >= 11 is 0. The summed E-state index contributed by atoms with van der Waals surface area (Å²) in [6.45, 7) is 13.2. The van der Waals surface area contributed by atoms with Crippen LogP contribution >= 0.6 is 0 Å². The van der Waals surface area contributed by atoms with Crippen molar-refractivity contribution in [1.82, 2.24) is 0 Å². The van der Waals surface area contributed by atoms with E-state index in [0.29, 0.717) is 36.0 Å². The van der Waals surface area contributed by atoms with Gasteiger partial charge in [0.1, 0.15) is 0 Å². The Labute approximate surface area is 184 Å². The van der Waals surface area contributed by atoms with Crippen LogP contribution in [-0.4, -0.2) is 33.6 Å². The third kappa shape index (κ3) is 4.95. The average molecular weight is 417 g/mol. The van der Waals surface area contributed by atoms with Crippen molar-refractivity contribution in [2.45, 2.75) is 104 Å². The van der Waals surface area contributed by atoms with Gasteiger partial charge in [-0.2, -0.15) is 0 Å². The molecule has 30 heavy (non-hydrogen) atoms. The van der Waals surface area contributed by atoms with Gasteiger partial charge in [-0.3, -0.25) is 0 Å². The highest BCUT2D eigenvalue weighted by atomic mass is 16.3. The molecule has 0 aromatic carbocycles. The van der Waals surface area contributed by atoms with Crippen molar-refractivity contribution in [3.8, 4) is 0 Å². The zero-order valence-corrected chi connectivity index (χ0v) is 19.6. The van der Waals surface area contributed by atoms with Gasteiger partial charge >= 0.3 is 0 Å². The fourth-order valence-electron chi connectivity index (χ4n) is 6.65. The zero-order valence-electron chi connectivity index (χ0n) is 19.6. The Morgan fingerprint density at radius 3 is 2.57 bits per heavy atom. The Morgan fingerprint density at radius 2 is 1.87 bits per heavy atom. The number of fused-ring (bicyclic) bond motifs is 1. The number of allylic oxidation sites excluding steroid dienone is 3. The maximum absolute atomic E-state index is 10.3. The lowest BCUT2D eigenvalue weighted by Crippen LogP contribution is -2.36. The van der Waals surface area contributed by atoms with Gasteiger partial charge in [-0.1, -0.05) is 52.0 Å². The van der Waals surface area contributed by atoms with Crippen LogP contribution in [0.3, 0.4) is 0 Å². The van der Waals surface area contributed by atoms with Gasteiger partial charge in [-0.25, -0.2) is 0 Å². The minimum Gasteiger partial charge on any atom is -0.393 e. The van der Waals surface area contributed by atoms with Crippen molar-refractivity contribution < 1.29 is 15.3 Å². The molecular weight excluding hydrogens is 372 g/mol. The molecule has 0 unspecified atom stereocenters. The highest BCUT2D eigenvalue weighted by Gasteiger charge is 2.50. The first-order chi connectivity index (χ1) is 14.1. The van der Waals surface area contributed by atoms with Crippen molar-refractivity contribution in [2.24, 2.45) is 29.1 Å². The van der Waals surface area contributed by atoms with Crippen LogP contribution in [0.2, 0.25) is 0 Å². The van der Waals surface area contributed by atoms with Crippen molar-refractivity contribution in [3.63, 3.8) is 0 Å². The molecule has 3 heteroatoms. The van der Waals surface area contributed by atoms with Crippen molar-refractivity contribution in [3.05, 3.63) is 35.5 Å². The van der Waals surface area contributed by atoms with Crippen LogP contribution in [0.1, 0.15) is 85.5 Å². The van der Waals surface area contributed by atoms with E-state index in [9.17, 15) is 15.3 Å². The molecule has 0 aliphatic heterocycles. The molecule has 0 aromatic heterocycles. The van der Waals surface area contributed by atoms with E-state index in [0.717, 1.165) is 36.3 Å². The molecule has 3 saturated carbocycles. The van der Waals surface area contributed by atoms with Crippen LogP contribution in [0.15, 0.2) is 35.5 Å². The molecule has 7 atom stereocenters. The first kappa shape index (κ1) is 23.8. The lowest BCUT2D eigenvalue weighted by atomic mass is 9.60. The number of aliphatic hydroxyl groups excluding tert-OH is 3. The van der Waals surface area contributed by atoms with Gasteiger partial charge in [-0.15, -0.1) is 0 Å². The molecule has 0 heterocycles. The summed E-state index contributed by atoms with van der Waals surface area (Å²) in [5.41, 5.74) is 3.69. The highest BCUT2D eigenvalue weighted by Crippen LogP contribution is 2.60. The van der Waals surface area contributed by atoms with Gasteiger partial charge in [0, 0.05) is 6.42 Å². The molecule has 0 bridgehead atoms. The summed E-state index contributed by atoms with van der Waals surface area (Å²) in [7, 11) is 0. The molecule has 3 fully saturated rings. The van der Waals surface area contributed by atoms with E-state index < -0.39 is 12.2 Å². The normalized spacial score (nSPS) is 39.5.